The Kier molecular flexibility index (Phi) is 4.60. The van der Waals surface area contributed by atoms with Gasteiger partial charge in [0.25, 0.3) is 5.95 Å². The lowest BCUT2D eigenvalue weighted by Gasteiger charge is -2.07. The number of aromatic hydroxyl groups is 1. The Morgan fingerprint density at radius 2 is 1.74 bits per heavy atom. The first kappa shape index (κ1) is 18.1. The number of phenols is 1. The van der Waals surface area contributed by atoms with Gasteiger partial charge in [-0.25, -0.2) is 0 Å². The number of ether oxygens (including phenoxy) is 2. The van der Waals surface area contributed by atoms with E-state index in [2.05, 4.69) is 0 Å². The number of aliphatic hydroxyl groups is 4. The molecule has 1 heterocycles. The van der Waals surface area contributed by atoms with Gasteiger partial charge in [-0.15, -0.1) is 0 Å². The molecule has 0 amide bonds. The average Bonchev–Trinajstić information content (AvgIpc) is 3.38. The third kappa shape index (κ3) is 3.62. The summed E-state index contributed by atoms with van der Waals surface area (Å²) in [5, 5.41) is 50.9. The second-order valence-electron chi connectivity index (χ2n) is 5.89. The smallest absolute Gasteiger partial charge is 0.293 e. The van der Waals surface area contributed by atoms with Crippen LogP contribution in [0.3, 0.4) is 0 Å². The number of phenolic OH excluding ortho intramolecular Hbond substituents is 1. The number of hydrogen-bond donors (Lipinski definition) is 5. The summed E-state index contributed by atoms with van der Waals surface area (Å²) in [6.07, 6.45) is 6.83. The molecule has 0 aromatic heterocycles. The lowest BCUT2D eigenvalue weighted by molar-refractivity contribution is 0.241. The second-order valence-corrected chi connectivity index (χ2v) is 5.89. The summed E-state index contributed by atoms with van der Waals surface area (Å²) in [5.74, 6) is -1.93. The van der Waals surface area contributed by atoms with Crippen LogP contribution < -0.4 is 15.2 Å². The van der Waals surface area contributed by atoms with Gasteiger partial charge in [0.05, 0.1) is 7.11 Å². The van der Waals surface area contributed by atoms with Crippen molar-refractivity contribution in [2.24, 2.45) is 0 Å². The number of methoxy groups -OCH3 is 1. The van der Waals surface area contributed by atoms with Gasteiger partial charge in [-0.05, 0) is 48.4 Å². The lowest BCUT2D eigenvalue weighted by atomic mass is 10.1. The fourth-order valence-corrected chi connectivity index (χ4v) is 2.57. The molecular formula is C20H18O7. The van der Waals surface area contributed by atoms with Gasteiger partial charge in [-0.2, -0.15) is 0 Å². The summed E-state index contributed by atoms with van der Waals surface area (Å²) in [6, 6.07) is 2.93. The SMILES string of the molecule is COc1cc(O)/c2c(c1)=C1C=C1\C=C(O)/C(O)=C(O)/C=C\C=C(\C)O/C=2O. The topological polar surface area (TPSA) is 120 Å². The fourth-order valence-electron chi connectivity index (χ4n) is 2.57. The summed E-state index contributed by atoms with van der Waals surface area (Å²) < 4.78 is 10.5. The Labute approximate surface area is 154 Å². The van der Waals surface area contributed by atoms with Gasteiger partial charge in [0.2, 0.25) is 0 Å². The van der Waals surface area contributed by atoms with Crippen molar-refractivity contribution in [2.75, 3.05) is 7.11 Å². The molecule has 7 heteroatoms. The maximum absolute atomic E-state index is 10.4. The highest BCUT2D eigenvalue weighted by Crippen LogP contribution is 2.31. The molecule has 7 nitrogen and oxygen atoms in total. The first-order chi connectivity index (χ1) is 12.8. The minimum absolute atomic E-state index is 0.0568. The van der Waals surface area contributed by atoms with Gasteiger partial charge in [0.1, 0.15) is 22.5 Å². The highest BCUT2D eigenvalue weighted by atomic mass is 16.6. The van der Waals surface area contributed by atoms with Crippen molar-refractivity contribution < 1.29 is 35.0 Å². The molecule has 0 spiro atoms. The Hall–Kier alpha value is -3.74. The first-order valence-corrected chi connectivity index (χ1v) is 7.94. The molecule has 1 aromatic rings. The van der Waals surface area contributed by atoms with Gasteiger partial charge in [0.15, 0.2) is 17.3 Å². The predicted octanol–water partition coefficient (Wildman–Crippen LogP) is 2.37. The van der Waals surface area contributed by atoms with Crippen LogP contribution in [0.4, 0.5) is 0 Å². The zero-order valence-electron chi connectivity index (χ0n) is 14.6. The molecule has 140 valence electrons. The molecule has 0 unspecified atom stereocenters. The fraction of sp³-hybridized carbons (Fsp3) is 0.100. The van der Waals surface area contributed by atoms with Gasteiger partial charge >= 0.3 is 0 Å². The summed E-state index contributed by atoms with van der Waals surface area (Å²) in [4.78, 5) is 0. The van der Waals surface area contributed by atoms with Crippen molar-refractivity contribution in [3.8, 4) is 11.5 Å². The average molecular weight is 370 g/mol. The molecule has 27 heavy (non-hydrogen) atoms. The van der Waals surface area contributed by atoms with Gasteiger partial charge in [-0.1, -0.05) is 6.08 Å². The van der Waals surface area contributed by atoms with Crippen molar-refractivity contribution in [2.45, 2.75) is 6.92 Å². The van der Waals surface area contributed by atoms with E-state index in [0.29, 0.717) is 22.1 Å². The van der Waals surface area contributed by atoms with Crippen LogP contribution in [0, 0.1) is 0 Å². The van der Waals surface area contributed by atoms with Crippen LogP contribution in [0.1, 0.15) is 6.92 Å². The normalized spacial score (nSPS) is 26.7. The molecule has 1 aliphatic heterocycles. The summed E-state index contributed by atoms with van der Waals surface area (Å²) in [7, 11) is 1.44. The van der Waals surface area contributed by atoms with Crippen LogP contribution in [-0.4, -0.2) is 32.6 Å². The van der Waals surface area contributed by atoms with E-state index < -0.39 is 23.2 Å². The maximum atomic E-state index is 10.4. The highest BCUT2D eigenvalue weighted by molar-refractivity contribution is 5.93. The summed E-state index contributed by atoms with van der Waals surface area (Å²) in [6.45, 7) is 1.55. The standard InChI is InChI=1S/C20H18O7/c1-10-4-3-5-15(21)19(24)17(23)7-11-6-13(11)14-8-12(26-2)9-16(22)18(14)20(25)27-10/h3-9,21-25H,1-2H3/b5-3-,10-4-,14-13?,17-7+,19-15+,20-18-. The highest BCUT2D eigenvalue weighted by Gasteiger charge is 2.21. The number of aliphatic hydroxyl groups excluding tert-OH is 4. The molecule has 1 aromatic carbocycles. The van der Waals surface area contributed by atoms with E-state index in [1.54, 1.807) is 19.1 Å². The van der Waals surface area contributed by atoms with Gasteiger partial charge in [-0.3, -0.25) is 0 Å². The summed E-state index contributed by atoms with van der Waals surface area (Å²) in [5.41, 5.74) is 1.12. The van der Waals surface area contributed by atoms with Gasteiger partial charge < -0.3 is 35.0 Å². The number of allylic oxidation sites excluding steroid dienone is 7. The van der Waals surface area contributed by atoms with E-state index in [9.17, 15) is 25.5 Å². The Balaban J connectivity index is 2.32. The van der Waals surface area contributed by atoms with E-state index in [4.69, 9.17) is 9.47 Å². The first-order valence-electron chi connectivity index (χ1n) is 7.94. The van der Waals surface area contributed by atoms with E-state index in [1.165, 1.54) is 31.4 Å². The van der Waals surface area contributed by atoms with Crippen LogP contribution in [-0.2, 0) is 4.74 Å². The quantitative estimate of drug-likeness (QED) is 0.515. The van der Waals surface area contributed by atoms with E-state index >= 15 is 0 Å². The molecule has 1 aliphatic carbocycles. The molecule has 0 saturated heterocycles. The van der Waals surface area contributed by atoms with Crippen LogP contribution in [0.25, 0.3) is 11.5 Å². The van der Waals surface area contributed by atoms with E-state index in [0.717, 1.165) is 6.08 Å². The molecular weight excluding hydrogens is 352 g/mol. The molecule has 0 saturated carbocycles. The third-order valence-corrected chi connectivity index (χ3v) is 3.98. The Morgan fingerprint density at radius 3 is 2.44 bits per heavy atom. The zero-order chi connectivity index (χ0) is 19.7. The van der Waals surface area contributed by atoms with E-state index in [1.807, 2.05) is 0 Å². The molecule has 0 radical (unpaired) electrons. The number of benzene rings is 1. The number of fused-ring (bicyclic) bond motifs is 2. The van der Waals surface area contributed by atoms with E-state index in [-0.39, 0.29) is 16.7 Å². The molecule has 5 N–H and O–H groups in total. The van der Waals surface area contributed by atoms with Crippen molar-refractivity contribution in [1.29, 1.82) is 0 Å². The zero-order valence-corrected chi connectivity index (χ0v) is 14.6. The second kappa shape index (κ2) is 6.87. The van der Waals surface area contributed by atoms with Crippen molar-refractivity contribution in [3.05, 3.63) is 81.6 Å². The van der Waals surface area contributed by atoms with Crippen LogP contribution in [0.5, 0.6) is 11.5 Å². The minimum Gasteiger partial charge on any atom is -0.507 e. The van der Waals surface area contributed by atoms with Crippen molar-refractivity contribution in [3.63, 3.8) is 0 Å². The Morgan fingerprint density at radius 1 is 1.00 bits per heavy atom. The third-order valence-electron chi connectivity index (χ3n) is 3.98. The van der Waals surface area contributed by atoms with Crippen LogP contribution in [0.15, 0.2) is 71.1 Å². The lowest BCUT2D eigenvalue weighted by Crippen LogP contribution is -2.29. The minimum atomic E-state index is -0.689. The molecule has 0 atom stereocenters. The van der Waals surface area contributed by atoms with Crippen LogP contribution in [0.2, 0.25) is 0 Å². The van der Waals surface area contributed by atoms with Crippen molar-refractivity contribution in [1.82, 2.24) is 0 Å². The Bertz CT molecular complexity index is 1080. The molecule has 0 fully saturated rings. The largest absolute Gasteiger partial charge is 0.507 e. The predicted molar refractivity (Wildman–Crippen MR) is 98.4 cm³/mol. The van der Waals surface area contributed by atoms with Crippen LogP contribution >= 0.6 is 0 Å². The van der Waals surface area contributed by atoms with Gasteiger partial charge in [0, 0.05) is 11.3 Å². The molecule has 3 rings (SSSR count). The maximum Gasteiger partial charge on any atom is 0.293 e. The number of hydrogen-bond acceptors (Lipinski definition) is 7. The number of rotatable bonds is 1. The van der Waals surface area contributed by atoms with Crippen molar-refractivity contribution >= 4 is 11.5 Å². The molecule has 2 aliphatic rings. The summed E-state index contributed by atoms with van der Waals surface area (Å²) >= 11 is 0. The monoisotopic (exact) mass is 370 g/mol. The molecule has 0 bridgehead atoms.